The van der Waals surface area contributed by atoms with Crippen LogP contribution in [0.25, 0.3) is 0 Å². The molecule has 5 heteroatoms. The van der Waals surface area contributed by atoms with Crippen LogP contribution in [0.3, 0.4) is 0 Å². The van der Waals surface area contributed by atoms with E-state index in [0.29, 0.717) is 24.4 Å². The van der Waals surface area contributed by atoms with Crippen LogP contribution >= 0.6 is 0 Å². The number of nitrogens with one attached hydrogen (secondary N) is 1. The zero-order valence-corrected chi connectivity index (χ0v) is 12.0. The number of hydrogen-bond donors (Lipinski definition) is 2. The van der Waals surface area contributed by atoms with Gasteiger partial charge in [-0.2, -0.15) is 0 Å². The molecule has 3 N–H and O–H groups in total. The van der Waals surface area contributed by atoms with Gasteiger partial charge in [0.25, 0.3) is 0 Å². The molecule has 0 saturated carbocycles. The second kappa shape index (κ2) is 7.40. The van der Waals surface area contributed by atoms with Gasteiger partial charge in [0.2, 0.25) is 5.91 Å². The number of ether oxygens (including phenoxy) is 1. The number of rotatable bonds is 6. The summed E-state index contributed by atoms with van der Waals surface area (Å²) >= 11 is 0. The Morgan fingerprint density at radius 1 is 1.29 bits per heavy atom. The highest BCUT2D eigenvalue weighted by Gasteiger charge is 2.06. The summed E-state index contributed by atoms with van der Waals surface area (Å²) in [5, 5.41) is 2.79. The fraction of sp³-hybridized carbons (Fsp3) is 0.250. The Labute approximate surface area is 124 Å². The standard InChI is InChI=1S/C16H19N3O2/c1-12-14(17)6-4-7-15(12)19-16(20)11-21-10-8-13-5-2-3-9-18-13/h2-7,9H,8,10-11,17H2,1H3,(H,19,20). The molecular formula is C16H19N3O2. The predicted octanol–water partition coefficient (Wildman–Crippen LogP) is 2.17. The van der Waals surface area contributed by atoms with Crippen molar-refractivity contribution in [3.8, 4) is 0 Å². The number of nitrogens with two attached hydrogens (primary N) is 1. The third kappa shape index (κ3) is 4.57. The van der Waals surface area contributed by atoms with Gasteiger partial charge in [-0.15, -0.1) is 0 Å². The normalized spacial score (nSPS) is 10.3. The van der Waals surface area contributed by atoms with Crippen LogP contribution in [0.4, 0.5) is 11.4 Å². The summed E-state index contributed by atoms with van der Waals surface area (Å²) in [5.74, 6) is -0.190. The van der Waals surface area contributed by atoms with E-state index in [1.54, 1.807) is 18.3 Å². The molecule has 1 heterocycles. The summed E-state index contributed by atoms with van der Waals surface area (Å²) in [6, 6.07) is 11.1. The first-order valence-corrected chi connectivity index (χ1v) is 6.79. The van der Waals surface area contributed by atoms with Crippen molar-refractivity contribution in [1.82, 2.24) is 4.98 Å². The van der Waals surface area contributed by atoms with Crippen LogP contribution in [0.1, 0.15) is 11.3 Å². The number of benzene rings is 1. The Bertz CT molecular complexity index is 600. The Hall–Kier alpha value is -2.40. The van der Waals surface area contributed by atoms with Gasteiger partial charge >= 0.3 is 0 Å². The number of nitrogen functional groups attached to an aromatic ring is 1. The summed E-state index contributed by atoms with van der Waals surface area (Å²) in [7, 11) is 0. The topological polar surface area (TPSA) is 77.2 Å². The number of carbonyl (C=O) groups is 1. The van der Waals surface area contributed by atoms with Crippen LogP contribution in [0, 0.1) is 6.92 Å². The molecule has 0 spiro atoms. The lowest BCUT2D eigenvalue weighted by Gasteiger charge is -2.10. The molecule has 0 saturated heterocycles. The maximum Gasteiger partial charge on any atom is 0.250 e. The molecule has 21 heavy (non-hydrogen) atoms. The summed E-state index contributed by atoms with van der Waals surface area (Å²) in [6.45, 7) is 2.34. The van der Waals surface area contributed by atoms with Crippen LogP contribution < -0.4 is 11.1 Å². The van der Waals surface area contributed by atoms with Crippen molar-refractivity contribution in [3.63, 3.8) is 0 Å². The third-order valence-electron chi connectivity index (χ3n) is 3.11. The van der Waals surface area contributed by atoms with Crippen LogP contribution in [-0.2, 0) is 16.0 Å². The molecular weight excluding hydrogens is 266 g/mol. The number of pyridine rings is 1. The molecule has 0 fully saturated rings. The fourth-order valence-electron chi connectivity index (χ4n) is 1.86. The molecule has 0 radical (unpaired) electrons. The van der Waals surface area contributed by atoms with Gasteiger partial charge in [-0.25, -0.2) is 0 Å². The fourth-order valence-corrected chi connectivity index (χ4v) is 1.86. The molecule has 0 unspecified atom stereocenters. The van der Waals surface area contributed by atoms with E-state index in [4.69, 9.17) is 10.5 Å². The highest BCUT2D eigenvalue weighted by atomic mass is 16.5. The highest BCUT2D eigenvalue weighted by Crippen LogP contribution is 2.20. The molecule has 1 amide bonds. The maximum atomic E-state index is 11.8. The van der Waals surface area contributed by atoms with E-state index in [-0.39, 0.29) is 12.5 Å². The summed E-state index contributed by atoms with van der Waals surface area (Å²) in [6.07, 6.45) is 2.43. The monoisotopic (exact) mass is 285 g/mol. The highest BCUT2D eigenvalue weighted by molar-refractivity contribution is 5.93. The SMILES string of the molecule is Cc1c(N)cccc1NC(=O)COCCc1ccccn1. The number of carbonyl (C=O) groups excluding carboxylic acids is 1. The Morgan fingerprint density at radius 2 is 2.14 bits per heavy atom. The minimum atomic E-state index is -0.190. The van der Waals surface area contributed by atoms with Gasteiger partial charge in [-0.1, -0.05) is 12.1 Å². The van der Waals surface area contributed by atoms with Gasteiger partial charge in [0, 0.05) is 29.7 Å². The molecule has 2 rings (SSSR count). The average Bonchev–Trinajstić information content (AvgIpc) is 2.49. The summed E-state index contributed by atoms with van der Waals surface area (Å²) in [4.78, 5) is 16.0. The largest absolute Gasteiger partial charge is 0.398 e. The second-order valence-electron chi connectivity index (χ2n) is 4.69. The first-order valence-electron chi connectivity index (χ1n) is 6.79. The van der Waals surface area contributed by atoms with E-state index in [9.17, 15) is 4.79 Å². The summed E-state index contributed by atoms with van der Waals surface area (Å²) < 4.78 is 5.36. The van der Waals surface area contributed by atoms with Gasteiger partial charge in [0.15, 0.2) is 0 Å². The number of nitrogens with zero attached hydrogens (tertiary/aromatic N) is 1. The Kier molecular flexibility index (Phi) is 5.29. The lowest BCUT2D eigenvalue weighted by molar-refractivity contribution is -0.120. The lowest BCUT2D eigenvalue weighted by Crippen LogP contribution is -2.20. The lowest BCUT2D eigenvalue weighted by atomic mass is 10.1. The van der Waals surface area contributed by atoms with E-state index in [0.717, 1.165) is 11.3 Å². The van der Waals surface area contributed by atoms with Crippen LogP contribution in [0.2, 0.25) is 0 Å². The van der Waals surface area contributed by atoms with Gasteiger partial charge < -0.3 is 15.8 Å². The minimum Gasteiger partial charge on any atom is -0.398 e. The van der Waals surface area contributed by atoms with Crippen LogP contribution in [-0.4, -0.2) is 24.1 Å². The van der Waals surface area contributed by atoms with Crippen molar-refractivity contribution in [2.24, 2.45) is 0 Å². The van der Waals surface area contributed by atoms with Crippen LogP contribution in [0.15, 0.2) is 42.6 Å². The zero-order valence-electron chi connectivity index (χ0n) is 12.0. The predicted molar refractivity (Wildman–Crippen MR) is 83.0 cm³/mol. The molecule has 0 aliphatic carbocycles. The Morgan fingerprint density at radius 3 is 2.90 bits per heavy atom. The maximum absolute atomic E-state index is 11.8. The van der Waals surface area contributed by atoms with Gasteiger partial charge in [-0.3, -0.25) is 9.78 Å². The molecule has 0 aliphatic rings. The molecule has 0 aliphatic heterocycles. The molecule has 0 atom stereocenters. The Balaban J connectivity index is 1.74. The van der Waals surface area contributed by atoms with E-state index in [1.165, 1.54) is 0 Å². The summed E-state index contributed by atoms with van der Waals surface area (Å²) in [5.41, 5.74) is 8.97. The quantitative estimate of drug-likeness (QED) is 0.630. The van der Waals surface area contributed by atoms with Crippen LogP contribution in [0.5, 0.6) is 0 Å². The number of aromatic nitrogens is 1. The average molecular weight is 285 g/mol. The third-order valence-corrected chi connectivity index (χ3v) is 3.11. The van der Waals surface area contributed by atoms with Crippen molar-refractivity contribution in [3.05, 3.63) is 53.9 Å². The first-order chi connectivity index (χ1) is 10.2. The first kappa shape index (κ1) is 15.0. The van der Waals surface area contributed by atoms with Crippen molar-refractivity contribution >= 4 is 17.3 Å². The molecule has 1 aromatic heterocycles. The van der Waals surface area contributed by atoms with E-state index in [1.807, 2.05) is 31.2 Å². The molecule has 0 bridgehead atoms. The number of anilines is 2. The van der Waals surface area contributed by atoms with Gasteiger partial charge in [0.05, 0.1) is 6.61 Å². The minimum absolute atomic E-state index is 0.0150. The molecule has 110 valence electrons. The van der Waals surface area contributed by atoms with Gasteiger partial charge in [-0.05, 0) is 36.8 Å². The van der Waals surface area contributed by atoms with Crippen molar-refractivity contribution in [1.29, 1.82) is 0 Å². The van der Waals surface area contributed by atoms with E-state index >= 15 is 0 Å². The number of amides is 1. The van der Waals surface area contributed by atoms with Crippen molar-refractivity contribution < 1.29 is 9.53 Å². The van der Waals surface area contributed by atoms with Gasteiger partial charge in [0.1, 0.15) is 6.61 Å². The molecule has 1 aromatic carbocycles. The van der Waals surface area contributed by atoms with E-state index in [2.05, 4.69) is 10.3 Å². The zero-order chi connectivity index (χ0) is 15.1. The smallest absolute Gasteiger partial charge is 0.250 e. The second-order valence-corrected chi connectivity index (χ2v) is 4.69. The number of hydrogen-bond acceptors (Lipinski definition) is 4. The molecule has 5 nitrogen and oxygen atoms in total. The van der Waals surface area contributed by atoms with E-state index < -0.39 is 0 Å². The van der Waals surface area contributed by atoms with Crippen molar-refractivity contribution in [2.45, 2.75) is 13.3 Å². The van der Waals surface area contributed by atoms with Crippen molar-refractivity contribution in [2.75, 3.05) is 24.3 Å². The molecule has 2 aromatic rings.